The maximum Gasteiger partial charge on any atom is 0.253 e. The van der Waals surface area contributed by atoms with Gasteiger partial charge in [0.25, 0.3) is 5.91 Å². The van der Waals surface area contributed by atoms with Crippen LogP contribution in [0.3, 0.4) is 0 Å². The Morgan fingerprint density at radius 1 is 1.19 bits per heavy atom. The number of piperazine rings is 1. The summed E-state index contributed by atoms with van der Waals surface area (Å²) in [7, 11) is 2.13. The molecule has 6 heteroatoms. The largest absolute Gasteiger partial charge is 0.461 e. The molecule has 0 unspecified atom stereocenters. The molecule has 0 bridgehead atoms. The predicted molar refractivity (Wildman–Crippen MR) is 100 cm³/mol. The Hall–Kier alpha value is -1.89. The summed E-state index contributed by atoms with van der Waals surface area (Å²) in [6.07, 6.45) is 0.637. The quantitative estimate of drug-likeness (QED) is 0.904. The second-order valence-electron chi connectivity index (χ2n) is 7.89. The van der Waals surface area contributed by atoms with E-state index < -0.39 is 5.60 Å². The second kappa shape index (κ2) is 6.68. The highest BCUT2D eigenvalue weighted by molar-refractivity contribution is 5.98. The Balaban J connectivity index is 1.42. The lowest BCUT2D eigenvalue weighted by molar-refractivity contribution is 0.000527. The highest BCUT2D eigenvalue weighted by Crippen LogP contribution is 2.26. The first-order chi connectivity index (χ1) is 12.4. The number of likely N-dealkylation sites (N-methyl/N-ethyl adjacent to an activating group) is 1. The van der Waals surface area contributed by atoms with Gasteiger partial charge in [0, 0.05) is 50.2 Å². The zero-order valence-electron chi connectivity index (χ0n) is 15.6. The minimum atomic E-state index is -0.804. The molecule has 2 saturated heterocycles. The molecular formula is C20H27N3O3. The molecule has 140 valence electrons. The van der Waals surface area contributed by atoms with E-state index in [1.54, 1.807) is 4.90 Å². The predicted octanol–water partition coefficient (Wildman–Crippen LogP) is 1.57. The van der Waals surface area contributed by atoms with E-state index in [9.17, 15) is 9.90 Å². The van der Waals surface area contributed by atoms with E-state index >= 15 is 0 Å². The zero-order valence-corrected chi connectivity index (χ0v) is 15.6. The number of amides is 1. The number of carbonyl (C=O) groups excluding carboxylic acids is 1. The molecule has 0 spiro atoms. The van der Waals surface area contributed by atoms with Gasteiger partial charge >= 0.3 is 0 Å². The smallest absolute Gasteiger partial charge is 0.253 e. The van der Waals surface area contributed by atoms with E-state index in [0.29, 0.717) is 31.6 Å². The van der Waals surface area contributed by atoms with Gasteiger partial charge in [-0.2, -0.15) is 0 Å². The van der Waals surface area contributed by atoms with Crippen molar-refractivity contribution in [2.45, 2.75) is 18.9 Å². The molecule has 6 nitrogen and oxygen atoms in total. The van der Waals surface area contributed by atoms with Crippen LogP contribution in [0.15, 0.2) is 28.7 Å². The maximum absolute atomic E-state index is 12.9. The average molecular weight is 357 g/mol. The molecule has 2 aliphatic rings. The van der Waals surface area contributed by atoms with Gasteiger partial charge in [-0.1, -0.05) is 0 Å². The monoisotopic (exact) mass is 357 g/mol. The minimum absolute atomic E-state index is 0.0138. The number of nitrogens with zero attached hydrogens (tertiary/aromatic N) is 3. The molecule has 1 aromatic carbocycles. The molecule has 4 rings (SSSR count). The van der Waals surface area contributed by atoms with E-state index in [1.165, 1.54) is 0 Å². The van der Waals surface area contributed by atoms with Crippen molar-refractivity contribution < 1.29 is 14.3 Å². The van der Waals surface area contributed by atoms with Gasteiger partial charge in [-0.15, -0.1) is 0 Å². The fourth-order valence-electron chi connectivity index (χ4n) is 4.07. The molecule has 3 heterocycles. The third-order valence-electron chi connectivity index (χ3n) is 5.62. The van der Waals surface area contributed by atoms with Gasteiger partial charge in [-0.3, -0.25) is 9.69 Å². The maximum atomic E-state index is 12.9. The lowest BCUT2D eigenvalue weighted by Gasteiger charge is -2.36. The number of aliphatic hydroxyl groups is 1. The van der Waals surface area contributed by atoms with Crippen LogP contribution >= 0.6 is 0 Å². The molecule has 1 atom stereocenters. The average Bonchev–Trinajstić information content (AvgIpc) is 3.17. The molecule has 2 aromatic rings. The Bertz CT molecular complexity index is 810. The van der Waals surface area contributed by atoms with E-state index in [2.05, 4.69) is 16.8 Å². The first-order valence-electron chi connectivity index (χ1n) is 9.35. The van der Waals surface area contributed by atoms with Gasteiger partial charge in [0.15, 0.2) is 0 Å². The van der Waals surface area contributed by atoms with Crippen LogP contribution in [0, 0.1) is 6.92 Å². The summed E-state index contributed by atoms with van der Waals surface area (Å²) in [5, 5.41) is 11.9. The fraction of sp³-hybridized carbons (Fsp3) is 0.550. The van der Waals surface area contributed by atoms with Crippen LogP contribution in [-0.2, 0) is 0 Å². The Morgan fingerprint density at radius 3 is 2.73 bits per heavy atom. The second-order valence-corrected chi connectivity index (χ2v) is 7.89. The third-order valence-corrected chi connectivity index (χ3v) is 5.62. The van der Waals surface area contributed by atoms with Crippen LogP contribution < -0.4 is 0 Å². The molecule has 2 aliphatic heterocycles. The normalized spacial score (nSPS) is 25.3. The van der Waals surface area contributed by atoms with Crippen molar-refractivity contribution >= 4 is 16.9 Å². The third kappa shape index (κ3) is 3.49. The SMILES string of the molecule is Cc1cc2cc(C(=O)N3CC[C@@](O)(CN4CCN(C)CC4)C3)ccc2o1. The van der Waals surface area contributed by atoms with Crippen molar-refractivity contribution in [3.8, 4) is 0 Å². The number of aryl methyl sites for hydroxylation is 1. The van der Waals surface area contributed by atoms with Crippen LogP contribution in [0.4, 0.5) is 0 Å². The van der Waals surface area contributed by atoms with Crippen LogP contribution in [-0.4, -0.2) is 84.2 Å². The number of rotatable bonds is 3. The van der Waals surface area contributed by atoms with E-state index in [4.69, 9.17) is 4.42 Å². The Labute approximate surface area is 154 Å². The van der Waals surface area contributed by atoms with Gasteiger partial charge < -0.3 is 19.3 Å². The van der Waals surface area contributed by atoms with E-state index in [1.807, 2.05) is 31.2 Å². The van der Waals surface area contributed by atoms with Crippen molar-refractivity contribution in [1.29, 1.82) is 0 Å². The summed E-state index contributed by atoms with van der Waals surface area (Å²) in [6.45, 7) is 7.56. The molecule has 0 radical (unpaired) electrons. The summed E-state index contributed by atoms with van der Waals surface area (Å²) < 4.78 is 5.58. The van der Waals surface area contributed by atoms with Crippen molar-refractivity contribution in [2.24, 2.45) is 0 Å². The van der Waals surface area contributed by atoms with Crippen molar-refractivity contribution in [1.82, 2.24) is 14.7 Å². The molecule has 1 N–H and O–H groups in total. The lowest BCUT2D eigenvalue weighted by atomic mass is 10.0. The molecule has 0 saturated carbocycles. The van der Waals surface area contributed by atoms with Crippen molar-refractivity contribution in [2.75, 3.05) is 52.9 Å². The molecule has 1 amide bonds. The summed E-state index contributed by atoms with van der Waals surface area (Å²) in [5.74, 6) is 0.826. The van der Waals surface area contributed by atoms with Gasteiger partial charge in [-0.05, 0) is 44.7 Å². The first-order valence-corrected chi connectivity index (χ1v) is 9.35. The molecule has 0 aliphatic carbocycles. The summed E-state index contributed by atoms with van der Waals surface area (Å²) in [6, 6.07) is 7.49. The minimum Gasteiger partial charge on any atom is -0.461 e. The molecule has 1 aromatic heterocycles. The lowest BCUT2D eigenvalue weighted by Crippen LogP contribution is -2.52. The number of benzene rings is 1. The summed E-state index contributed by atoms with van der Waals surface area (Å²) in [4.78, 5) is 19.3. The van der Waals surface area contributed by atoms with Gasteiger partial charge in [0.2, 0.25) is 0 Å². The Kier molecular flexibility index (Phi) is 4.50. The van der Waals surface area contributed by atoms with Crippen LogP contribution in [0.1, 0.15) is 22.5 Å². The number of hydrogen-bond donors (Lipinski definition) is 1. The number of carbonyl (C=O) groups is 1. The van der Waals surface area contributed by atoms with Gasteiger partial charge in [-0.25, -0.2) is 0 Å². The fourth-order valence-corrected chi connectivity index (χ4v) is 4.07. The molecule has 2 fully saturated rings. The molecular weight excluding hydrogens is 330 g/mol. The van der Waals surface area contributed by atoms with Crippen LogP contribution in [0.25, 0.3) is 11.0 Å². The highest BCUT2D eigenvalue weighted by atomic mass is 16.3. The highest BCUT2D eigenvalue weighted by Gasteiger charge is 2.40. The van der Waals surface area contributed by atoms with Gasteiger partial charge in [0.1, 0.15) is 11.3 Å². The summed E-state index contributed by atoms with van der Waals surface area (Å²) >= 11 is 0. The van der Waals surface area contributed by atoms with Gasteiger partial charge in [0.05, 0.1) is 12.1 Å². The Morgan fingerprint density at radius 2 is 1.96 bits per heavy atom. The first kappa shape index (κ1) is 17.5. The van der Waals surface area contributed by atoms with Crippen molar-refractivity contribution in [3.05, 3.63) is 35.6 Å². The van der Waals surface area contributed by atoms with Crippen LogP contribution in [0.5, 0.6) is 0 Å². The number of furan rings is 1. The van der Waals surface area contributed by atoms with Crippen molar-refractivity contribution in [3.63, 3.8) is 0 Å². The standard InChI is InChI=1S/C20H27N3O3/c1-15-11-17-12-16(3-4-18(17)26-15)19(24)23-6-5-20(25,14-23)13-22-9-7-21(2)8-10-22/h3-4,11-12,25H,5-10,13-14H2,1-2H3/t20-/m1/s1. The van der Waals surface area contributed by atoms with E-state index in [-0.39, 0.29) is 5.91 Å². The van der Waals surface area contributed by atoms with E-state index in [0.717, 1.165) is 42.9 Å². The topological polar surface area (TPSA) is 60.2 Å². The summed E-state index contributed by atoms with van der Waals surface area (Å²) in [5.41, 5.74) is 0.649. The number of likely N-dealkylation sites (tertiary alicyclic amines) is 1. The number of fused-ring (bicyclic) bond motifs is 1. The van der Waals surface area contributed by atoms with Crippen LogP contribution in [0.2, 0.25) is 0 Å². The number of hydrogen-bond acceptors (Lipinski definition) is 5. The molecule has 26 heavy (non-hydrogen) atoms. The zero-order chi connectivity index (χ0) is 18.3. The number of β-amino-alcohol motifs (C(OH)–C–C–N with tert-alkyl or cyclic N) is 1.